The molecule has 0 unspecified atom stereocenters. The van der Waals surface area contributed by atoms with Gasteiger partial charge in [-0.2, -0.15) is 0 Å². The van der Waals surface area contributed by atoms with Crippen LogP contribution in [0.1, 0.15) is 11.5 Å². The van der Waals surface area contributed by atoms with Gasteiger partial charge in [0.15, 0.2) is 5.96 Å². The molecular weight excluding hydrogens is 427 g/mol. The molecule has 0 bridgehead atoms. The number of halogens is 1. The number of guanidine groups is 1. The maximum Gasteiger partial charge on any atom is 0.193 e. The number of benzene rings is 1. The molecule has 0 atom stereocenters. The monoisotopic (exact) mass is 452 g/mol. The van der Waals surface area contributed by atoms with Crippen molar-refractivity contribution in [3.63, 3.8) is 0 Å². The van der Waals surface area contributed by atoms with Gasteiger partial charge in [-0.3, -0.25) is 4.99 Å². The molecule has 2 heterocycles. The molecule has 3 aromatic rings. The highest BCUT2D eigenvalue weighted by Gasteiger charge is 2.08. The minimum atomic E-state index is 0. The molecule has 7 heteroatoms. The summed E-state index contributed by atoms with van der Waals surface area (Å²) >= 11 is 0. The number of para-hydroxylation sites is 2. The topological polar surface area (TPSA) is 61.2 Å². The molecule has 0 spiro atoms. The molecule has 0 aliphatic carbocycles. The molecule has 25 heavy (non-hydrogen) atoms. The number of nitrogens with one attached hydrogen (secondary N) is 2. The van der Waals surface area contributed by atoms with E-state index >= 15 is 0 Å². The predicted octanol–water partition coefficient (Wildman–Crippen LogP) is 2.77. The van der Waals surface area contributed by atoms with Crippen LogP contribution in [0.15, 0.2) is 47.6 Å². The molecule has 6 nitrogen and oxygen atoms in total. The number of aliphatic imine (C=N–C) groups is 1. The molecule has 2 N–H and O–H groups in total. The highest BCUT2D eigenvalue weighted by atomic mass is 127. The van der Waals surface area contributed by atoms with Crippen molar-refractivity contribution in [3.8, 4) is 0 Å². The summed E-state index contributed by atoms with van der Waals surface area (Å²) in [7, 11) is 5.91. The molecule has 2 aromatic heterocycles. The van der Waals surface area contributed by atoms with Gasteiger partial charge in [0.2, 0.25) is 0 Å². The second-order valence-corrected chi connectivity index (χ2v) is 5.89. The fourth-order valence-electron chi connectivity index (χ4n) is 2.78. The Morgan fingerprint density at radius 3 is 2.76 bits per heavy atom. The molecule has 0 radical (unpaired) electrons. The van der Waals surface area contributed by atoms with E-state index in [9.17, 15) is 0 Å². The van der Waals surface area contributed by atoms with Crippen molar-refractivity contribution in [1.82, 2.24) is 24.8 Å². The first-order valence-electron chi connectivity index (χ1n) is 8.13. The number of rotatable bonds is 5. The fraction of sp³-hybridized carbons (Fsp3) is 0.333. The normalized spacial score (nSPS) is 11.4. The van der Waals surface area contributed by atoms with Gasteiger partial charge < -0.3 is 19.8 Å². The summed E-state index contributed by atoms with van der Waals surface area (Å²) in [5.74, 6) is 1.87. The predicted molar refractivity (Wildman–Crippen MR) is 113 cm³/mol. The summed E-state index contributed by atoms with van der Waals surface area (Å²) in [5.41, 5.74) is 3.34. The molecular formula is C18H25IN6. The van der Waals surface area contributed by atoms with Crippen molar-refractivity contribution in [2.75, 3.05) is 20.6 Å². The van der Waals surface area contributed by atoms with Crippen molar-refractivity contribution in [2.45, 2.75) is 13.0 Å². The van der Waals surface area contributed by atoms with Gasteiger partial charge in [0, 0.05) is 46.0 Å². The lowest BCUT2D eigenvalue weighted by atomic mass is 10.3. The fourth-order valence-corrected chi connectivity index (χ4v) is 2.78. The third kappa shape index (κ3) is 4.75. The van der Waals surface area contributed by atoms with Gasteiger partial charge in [0.25, 0.3) is 0 Å². The molecule has 1 aromatic carbocycles. The van der Waals surface area contributed by atoms with E-state index in [0.717, 1.165) is 42.3 Å². The van der Waals surface area contributed by atoms with Gasteiger partial charge >= 0.3 is 0 Å². The van der Waals surface area contributed by atoms with Crippen molar-refractivity contribution in [3.05, 3.63) is 54.1 Å². The van der Waals surface area contributed by atoms with Gasteiger partial charge in [-0.15, -0.1) is 24.0 Å². The van der Waals surface area contributed by atoms with Crippen LogP contribution in [-0.2, 0) is 20.0 Å². The van der Waals surface area contributed by atoms with Gasteiger partial charge in [0.05, 0.1) is 17.6 Å². The molecule has 0 fully saturated rings. The smallest absolute Gasteiger partial charge is 0.193 e. The first kappa shape index (κ1) is 19.3. The van der Waals surface area contributed by atoms with Crippen LogP contribution in [0.2, 0.25) is 0 Å². The summed E-state index contributed by atoms with van der Waals surface area (Å²) in [6, 6.07) is 12.3. The van der Waals surface area contributed by atoms with Crippen LogP contribution in [0.25, 0.3) is 11.0 Å². The van der Waals surface area contributed by atoms with Crippen molar-refractivity contribution >= 4 is 41.0 Å². The molecule has 3 rings (SSSR count). The van der Waals surface area contributed by atoms with Gasteiger partial charge in [-0.1, -0.05) is 12.1 Å². The van der Waals surface area contributed by atoms with Crippen LogP contribution >= 0.6 is 24.0 Å². The average molecular weight is 452 g/mol. The van der Waals surface area contributed by atoms with Gasteiger partial charge in [0.1, 0.15) is 5.82 Å². The standard InChI is InChI=1S/C18H24N6.HI/c1-19-18(24(3)13-14-7-6-12-23(14)2)20-11-10-17-21-15-8-4-5-9-16(15)22-17;/h4-9,12H,10-11,13H2,1-3H3,(H,19,20)(H,21,22);1H. The Bertz CT molecular complexity index is 802. The van der Waals surface area contributed by atoms with Crippen LogP contribution in [0, 0.1) is 0 Å². The first-order chi connectivity index (χ1) is 11.7. The number of aryl methyl sites for hydroxylation is 1. The van der Waals surface area contributed by atoms with E-state index in [4.69, 9.17) is 0 Å². The largest absolute Gasteiger partial charge is 0.356 e. The highest BCUT2D eigenvalue weighted by molar-refractivity contribution is 14.0. The van der Waals surface area contributed by atoms with E-state index in [1.807, 2.05) is 38.4 Å². The lowest BCUT2D eigenvalue weighted by Crippen LogP contribution is -2.39. The van der Waals surface area contributed by atoms with Crippen LogP contribution in [-0.4, -0.2) is 46.0 Å². The summed E-state index contributed by atoms with van der Waals surface area (Å²) in [5, 5.41) is 3.40. The molecule has 0 amide bonds. The average Bonchev–Trinajstić information content (AvgIpc) is 3.17. The molecule has 134 valence electrons. The lowest BCUT2D eigenvalue weighted by Gasteiger charge is -2.22. The third-order valence-corrected chi connectivity index (χ3v) is 4.11. The van der Waals surface area contributed by atoms with Crippen molar-refractivity contribution in [1.29, 1.82) is 0 Å². The van der Waals surface area contributed by atoms with E-state index in [0.29, 0.717) is 0 Å². The van der Waals surface area contributed by atoms with E-state index in [-0.39, 0.29) is 24.0 Å². The van der Waals surface area contributed by atoms with E-state index < -0.39 is 0 Å². The number of hydrogen-bond acceptors (Lipinski definition) is 2. The summed E-state index contributed by atoms with van der Waals surface area (Å²) in [4.78, 5) is 14.4. The second-order valence-electron chi connectivity index (χ2n) is 5.89. The Balaban J connectivity index is 0.00000225. The molecule has 0 aliphatic rings. The van der Waals surface area contributed by atoms with E-state index in [1.54, 1.807) is 0 Å². The Kier molecular flexibility index (Phi) is 6.86. The molecule has 0 saturated heterocycles. The Hall–Kier alpha value is -2.03. The number of aromatic amines is 1. The minimum Gasteiger partial charge on any atom is -0.356 e. The van der Waals surface area contributed by atoms with Crippen LogP contribution < -0.4 is 5.32 Å². The number of imidazole rings is 1. The zero-order valence-electron chi connectivity index (χ0n) is 14.9. The van der Waals surface area contributed by atoms with E-state index in [2.05, 4.69) is 55.1 Å². The SMILES string of the molecule is CN=C(NCCc1nc2ccccc2[nH]1)N(C)Cc1cccn1C.I. The molecule has 0 saturated carbocycles. The zero-order chi connectivity index (χ0) is 16.9. The number of nitrogens with zero attached hydrogens (tertiary/aromatic N) is 4. The van der Waals surface area contributed by atoms with Crippen LogP contribution in [0.3, 0.4) is 0 Å². The van der Waals surface area contributed by atoms with Crippen molar-refractivity contribution in [2.24, 2.45) is 12.0 Å². The summed E-state index contributed by atoms with van der Waals surface area (Å²) in [6.07, 6.45) is 2.88. The lowest BCUT2D eigenvalue weighted by molar-refractivity contribution is 0.462. The van der Waals surface area contributed by atoms with Gasteiger partial charge in [-0.25, -0.2) is 4.98 Å². The van der Waals surface area contributed by atoms with Crippen LogP contribution in [0.4, 0.5) is 0 Å². The first-order valence-corrected chi connectivity index (χ1v) is 8.13. The van der Waals surface area contributed by atoms with Crippen molar-refractivity contribution < 1.29 is 0 Å². The Morgan fingerprint density at radius 1 is 1.28 bits per heavy atom. The zero-order valence-corrected chi connectivity index (χ0v) is 17.2. The maximum atomic E-state index is 4.60. The Morgan fingerprint density at radius 2 is 2.08 bits per heavy atom. The van der Waals surface area contributed by atoms with E-state index in [1.165, 1.54) is 5.69 Å². The molecule has 0 aliphatic heterocycles. The van der Waals surface area contributed by atoms with Gasteiger partial charge in [-0.05, 0) is 24.3 Å². The summed E-state index contributed by atoms with van der Waals surface area (Å²) < 4.78 is 2.12. The quantitative estimate of drug-likeness (QED) is 0.356. The second kappa shape index (κ2) is 8.89. The number of fused-ring (bicyclic) bond motifs is 1. The van der Waals surface area contributed by atoms with Crippen LogP contribution in [0.5, 0.6) is 0 Å². The Labute approximate surface area is 165 Å². The third-order valence-electron chi connectivity index (χ3n) is 4.11. The highest BCUT2D eigenvalue weighted by Crippen LogP contribution is 2.10. The number of aromatic nitrogens is 3. The number of hydrogen-bond donors (Lipinski definition) is 2. The number of H-pyrrole nitrogens is 1. The summed E-state index contributed by atoms with van der Waals surface area (Å²) in [6.45, 7) is 1.60. The maximum absolute atomic E-state index is 4.60. The minimum absolute atomic E-state index is 0.